The number of hydrogen-bond donors (Lipinski definition) is 3. The van der Waals surface area contributed by atoms with Gasteiger partial charge in [0, 0.05) is 75.7 Å². The number of nitrogens with one attached hydrogen (secondary N) is 3. The molecule has 2 saturated heterocycles. The molecular formula is C35H45N10O2P. The van der Waals surface area contributed by atoms with E-state index in [-0.39, 0.29) is 0 Å². The molecule has 0 unspecified atom stereocenters. The molecule has 0 amide bonds. The standard InChI is InChI=1S/C35H45N10O2P/c1-6-43-17-19-44(20-18-43)24-10-15-45(16-11-24)29-22-30(47-3)28(21-23(29)2)40-35-41-33-25(9-12-38-33)34(42-35)39-27-8-7-26-31(37-14-13-36-26)32(27)48(4,5)46/h7-9,12-14,21-22,24H,6,10-11,15-20H2,1-5H3,(H3,38,39,40,41,42). The second-order valence-corrected chi connectivity index (χ2v) is 16.3. The van der Waals surface area contributed by atoms with Crippen molar-refractivity contribution in [3.05, 3.63) is 54.5 Å². The fourth-order valence-corrected chi connectivity index (χ4v) is 8.60. The molecular weight excluding hydrogens is 623 g/mol. The van der Waals surface area contributed by atoms with Crippen molar-refractivity contribution in [2.75, 3.05) is 81.8 Å². The Labute approximate surface area is 281 Å². The van der Waals surface area contributed by atoms with Gasteiger partial charge in [-0.3, -0.25) is 14.9 Å². The van der Waals surface area contributed by atoms with Crippen LogP contribution in [0, 0.1) is 6.92 Å². The fourth-order valence-electron chi connectivity index (χ4n) is 7.21. The number of ether oxygens (including phenoxy) is 1. The highest BCUT2D eigenvalue weighted by atomic mass is 31.2. The zero-order valence-electron chi connectivity index (χ0n) is 28.5. The SMILES string of the molecule is CCN1CCN(C2CCN(c3cc(OC)c(Nc4nc(Nc5ccc6nccnc6c5P(C)(C)=O)c5cc[nH]c5n4)cc3C)CC2)CC1. The van der Waals surface area contributed by atoms with Crippen LogP contribution < -0.4 is 25.6 Å². The van der Waals surface area contributed by atoms with Crippen molar-refractivity contribution in [2.24, 2.45) is 0 Å². The summed E-state index contributed by atoms with van der Waals surface area (Å²) in [7, 11) is -1.06. The number of fused-ring (bicyclic) bond motifs is 2. The molecule has 2 fully saturated rings. The van der Waals surface area contributed by atoms with Crippen LogP contribution in [0.25, 0.3) is 22.1 Å². The number of hydrogen-bond acceptors (Lipinski definition) is 11. The van der Waals surface area contributed by atoms with E-state index in [0.29, 0.717) is 45.5 Å². The molecule has 2 aromatic carbocycles. The zero-order chi connectivity index (χ0) is 33.4. The maximum absolute atomic E-state index is 13.5. The van der Waals surface area contributed by atoms with E-state index in [1.807, 2.05) is 24.4 Å². The van der Waals surface area contributed by atoms with Gasteiger partial charge < -0.3 is 34.7 Å². The maximum Gasteiger partial charge on any atom is 0.231 e. The lowest BCUT2D eigenvalue weighted by Crippen LogP contribution is -2.53. The molecule has 2 aliphatic heterocycles. The lowest BCUT2D eigenvalue weighted by molar-refractivity contribution is 0.0878. The molecule has 5 aromatic rings. The van der Waals surface area contributed by atoms with Crippen LogP contribution in [0.1, 0.15) is 25.3 Å². The number of rotatable bonds is 9. The van der Waals surface area contributed by atoms with Crippen LogP contribution in [0.4, 0.5) is 28.8 Å². The summed E-state index contributed by atoms with van der Waals surface area (Å²) in [6.07, 6.45) is 7.44. The number of piperazine rings is 1. The third-order valence-corrected chi connectivity index (χ3v) is 11.3. The first-order chi connectivity index (χ1) is 23.2. The van der Waals surface area contributed by atoms with E-state index in [2.05, 4.69) is 66.3 Å². The molecule has 0 atom stereocenters. The second kappa shape index (κ2) is 13.3. The average molecular weight is 669 g/mol. The molecule has 252 valence electrons. The van der Waals surface area contributed by atoms with Gasteiger partial charge in [-0.15, -0.1) is 0 Å². The van der Waals surface area contributed by atoms with Gasteiger partial charge in [0.2, 0.25) is 5.95 Å². The summed E-state index contributed by atoms with van der Waals surface area (Å²) in [6.45, 7) is 15.8. The highest BCUT2D eigenvalue weighted by Crippen LogP contribution is 2.42. The van der Waals surface area contributed by atoms with Crippen molar-refractivity contribution in [1.82, 2.24) is 34.7 Å². The van der Waals surface area contributed by atoms with Crippen molar-refractivity contribution in [3.63, 3.8) is 0 Å². The summed E-state index contributed by atoms with van der Waals surface area (Å²) < 4.78 is 19.4. The van der Waals surface area contributed by atoms with E-state index in [0.717, 1.165) is 42.0 Å². The van der Waals surface area contributed by atoms with Crippen LogP contribution in [0.15, 0.2) is 48.9 Å². The van der Waals surface area contributed by atoms with Gasteiger partial charge in [0.15, 0.2) is 0 Å². The molecule has 3 aromatic heterocycles. The van der Waals surface area contributed by atoms with E-state index in [4.69, 9.17) is 14.7 Å². The highest BCUT2D eigenvalue weighted by molar-refractivity contribution is 7.71. The first-order valence-electron chi connectivity index (χ1n) is 16.8. The van der Waals surface area contributed by atoms with Crippen molar-refractivity contribution >= 4 is 63.3 Å². The van der Waals surface area contributed by atoms with Gasteiger partial charge in [-0.25, -0.2) is 0 Å². The number of H-pyrrole nitrogens is 1. The van der Waals surface area contributed by atoms with Crippen molar-refractivity contribution < 1.29 is 9.30 Å². The summed E-state index contributed by atoms with van der Waals surface area (Å²) in [5.74, 6) is 1.71. The van der Waals surface area contributed by atoms with Crippen molar-refractivity contribution in [1.29, 1.82) is 0 Å². The van der Waals surface area contributed by atoms with Gasteiger partial charge in [0.1, 0.15) is 29.9 Å². The van der Waals surface area contributed by atoms with Gasteiger partial charge in [0.05, 0.1) is 34.7 Å². The van der Waals surface area contributed by atoms with E-state index in [9.17, 15) is 4.57 Å². The van der Waals surface area contributed by atoms with E-state index in [1.54, 1.807) is 32.8 Å². The zero-order valence-corrected chi connectivity index (χ0v) is 29.3. The monoisotopic (exact) mass is 668 g/mol. The lowest BCUT2D eigenvalue weighted by Gasteiger charge is -2.43. The minimum atomic E-state index is -2.75. The third-order valence-electron chi connectivity index (χ3n) is 9.76. The molecule has 48 heavy (non-hydrogen) atoms. The third kappa shape index (κ3) is 6.44. The molecule has 7 rings (SSSR count). The molecule has 13 heteroatoms. The Kier molecular flexibility index (Phi) is 8.98. The first kappa shape index (κ1) is 32.3. The largest absolute Gasteiger partial charge is 0.494 e. The number of aromatic amines is 1. The molecule has 0 spiro atoms. The van der Waals surface area contributed by atoms with Crippen molar-refractivity contribution in [2.45, 2.75) is 32.7 Å². The first-order valence-corrected chi connectivity index (χ1v) is 19.4. The predicted molar refractivity (Wildman–Crippen MR) is 196 cm³/mol. The summed E-state index contributed by atoms with van der Waals surface area (Å²) in [5.41, 5.74) is 5.80. The van der Waals surface area contributed by atoms with Gasteiger partial charge in [-0.2, -0.15) is 9.97 Å². The maximum atomic E-state index is 13.5. The van der Waals surface area contributed by atoms with Crippen LogP contribution in [0.2, 0.25) is 0 Å². The van der Waals surface area contributed by atoms with Gasteiger partial charge in [-0.05, 0) is 69.5 Å². The minimum Gasteiger partial charge on any atom is -0.494 e. The van der Waals surface area contributed by atoms with Gasteiger partial charge in [-0.1, -0.05) is 6.92 Å². The normalized spacial score (nSPS) is 16.9. The summed E-state index contributed by atoms with van der Waals surface area (Å²) in [4.78, 5) is 29.6. The van der Waals surface area contributed by atoms with Crippen LogP contribution in [-0.2, 0) is 4.57 Å². The van der Waals surface area contributed by atoms with E-state index >= 15 is 0 Å². The minimum absolute atomic E-state index is 0.403. The number of nitrogens with zero attached hydrogens (tertiary/aromatic N) is 7. The Morgan fingerprint density at radius 2 is 1.73 bits per heavy atom. The molecule has 0 aliphatic carbocycles. The summed E-state index contributed by atoms with van der Waals surface area (Å²) in [6, 6.07) is 10.6. The second-order valence-electron chi connectivity index (χ2n) is 13.1. The van der Waals surface area contributed by atoms with Crippen LogP contribution in [0.5, 0.6) is 5.75 Å². The van der Waals surface area contributed by atoms with Crippen LogP contribution in [-0.4, -0.2) is 107 Å². The van der Waals surface area contributed by atoms with Crippen molar-refractivity contribution in [3.8, 4) is 5.75 Å². The number of likely N-dealkylation sites (N-methyl/N-ethyl adjacent to an activating group) is 1. The molecule has 0 radical (unpaired) electrons. The molecule has 2 aliphatic rings. The number of benzene rings is 2. The molecule has 0 saturated carbocycles. The quantitative estimate of drug-likeness (QED) is 0.171. The summed E-state index contributed by atoms with van der Waals surface area (Å²) in [5, 5.41) is 8.32. The molecule has 12 nitrogen and oxygen atoms in total. The highest BCUT2D eigenvalue weighted by Gasteiger charge is 2.28. The average Bonchev–Trinajstić information content (AvgIpc) is 3.57. The topological polar surface area (TPSA) is 127 Å². The Bertz CT molecular complexity index is 1980. The Morgan fingerprint density at radius 3 is 2.46 bits per heavy atom. The number of piperidine rings is 1. The molecule has 3 N–H and O–H groups in total. The van der Waals surface area contributed by atoms with Gasteiger partial charge >= 0.3 is 0 Å². The van der Waals surface area contributed by atoms with E-state index < -0.39 is 7.14 Å². The van der Waals surface area contributed by atoms with Crippen LogP contribution in [0.3, 0.4) is 0 Å². The fraction of sp³-hybridized carbons (Fsp3) is 0.429. The number of anilines is 5. The Balaban J connectivity index is 1.13. The lowest BCUT2D eigenvalue weighted by atomic mass is 10.0. The summed E-state index contributed by atoms with van der Waals surface area (Å²) >= 11 is 0. The smallest absolute Gasteiger partial charge is 0.231 e. The Morgan fingerprint density at radius 1 is 0.958 bits per heavy atom. The van der Waals surface area contributed by atoms with Crippen LogP contribution >= 0.6 is 7.14 Å². The number of aryl methyl sites for hydroxylation is 1. The molecule has 5 heterocycles. The predicted octanol–water partition coefficient (Wildman–Crippen LogP) is 5.56. The van der Waals surface area contributed by atoms with Gasteiger partial charge in [0.25, 0.3) is 0 Å². The number of methoxy groups -OCH3 is 1. The Hall–Kier alpha value is -4.25. The van der Waals surface area contributed by atoms with E-state index in [1.165, 1.54) is 44.7 Å². The number of aromatic nitrogens is 5. The molecule has 0 bridgehead atoms.